The van der Waals surface area contributed by atoms with Crippen molar-refractivity contribution >= 4 is 12.0 Å². The Labute approximate surface area is 114 Å². The molecule has 0 aliphatic carbocycles. The van der Waals surface area contributed by atoms with Gasteiger partial charge in [0.15, 0.2) is 0 Å². The molecule has 1 saturated heterocycles. The Morgan fingerprint density at radius 2 is 2.21 bits per heavy atom. The van der Waals surface area contributed by atoms with Crippen molar-refractivity contribution in [3.05, 3.63) is 0 Å². The quantitative estimate of drug-likeness (QED) is 0.791. The predicted molar refractivity (Wildman–Crippen MR) is 71.0 cm³/mol. The molecule has 0 spiro atoms. The maximum absolute atomic E-state index is 12.1. The highest BCUT2D eigenvalue weighted by molar-refractivity contribution is 5.76. The lowest BCUT2D eigenvalue weighted by atomic mass is 10.0. The van der Waals surface area contributed by atoms with Crippen molar-refractivity contribution in [3.63, 3.8) is 0 Å². The summed E-state index contributed by atoms with van der Waals surface area (Å²) >= 11 is 0. The number of nitrogens with one attached hydrogen (secondary N) is 1. The number of carbonyl (C=O) groups is 2. The van der Waals surface area contributed by atoms with Gasteiger partial charge in [-0.25, -0.2) is 4.79 Å². The third-order valence-corrected chi connectivity index (χ3v) is 3.40. The molecular formula is C13H24N2O4. The second-order valence-corrected chi connectivity index (χ2v) is 5.13. The maximum Gasteiger partial charge on any atom is 0.317 e. The van der Waals surface area contributed by atoms with Crippen molar-refractivity contribution in [3.8, 4) is 0 Å². The van der Waals surface area contributed by atoms with Crippen molar-refractivity contribution in [2.75, 3.05) is 19.7 Å². The summed E-state index contributed by atoms with van der Waals surface area (Å²) in [5.74, 6) is -1.44. The Morgan fingerprint density at radius 1 is 1.53 bits per heavy atom. The van der Waals surface area contributed by atoms with Crippen LogP contribution in [-0.2, 0) is 9.53 Å². The molecule has 2 N–H and O–H groups in total. The van der Waals surface area contributed by atoms with Crippen molar-refractivity contribution in [2.24, 2.45) is 5.92 Å². The van der Waals surface area contributed by atoms with Crippen molar-refractivity contribution in [2.45, 2.75) is 45.8 Å². The van der Waals surface area contributed by atoms with Gasteiger partial charge < -0.3 is 20.1 Å². The van der Waals surface area contributed by atoms with E-state index in [4.69, 9.17) is 9.84 Å². The fourth-order valence-corrected chi connectivity index (χ4v) is 2.16. The van der Waals surface area contributed by atoms with Gasteiger partial charge in [-0.1, -0.05) is 6.92 Å². The van der Waals surface area contributed by atoms with E-state index in [9.17, 15) is 9.59 Å². The van der Waals surface area contributed by atoms with Crippen LogP contribution in [0.2, 0.25) is 0 Å². The van der Waals surface area contributed by atoms with E-state index in [0.29, 0.717) is 13.2 Å². The third-order valence-electron chi connectivity index (χ3n) is 3.40. The second-order valence-electron chi connectivity index (χ2n) is 5.13. The minimum Gasteiger partial charge on any atom is -0.481 e. The molecule has 1 rings (SSSR count). The van der Waals surface area contributed by atoms with E-state index in [2.05, 4.69) is 5.32 Å². The van der Waals surface area contributed by atoms with Crippen LogP contribution in [0.3, 0.4) is 0 Å². The van der Waals surface area contributed by atoms with Crippen molar-refractivity contribution in [1.82, 2.24) is 10.2 Å². The van der Waals surface area contributed by atoms with Crippen molar-refractivity contribution < 1.29 is 19.4 Å². The van der Waals surface area contributed by atoms with E-state index >= 15 is 0 Å². The first-order valence-electron chi connectivity index (χ1n) is 6.83. The zero-order valence-corrected chi connectivity index (χ0v) is 11.9. The van der Waals surface area contributed by atoms with Gasteiger partial charge in [0.1, 0.15) is 0 Å². The third kappa shape index (κ3) is 5.06. The first-order chi connectivity index (χ1) is 8.93. The summed E-state index contributed by atoms with van der Waals surface area (Å²) in [6.07, 6.45) is 1.77. The minimum atomic E-state index is -0.883. The number of carbonyl (C=O) groups excluding carboxylic acids is 1. The molecule has 3 atom stereocenters. The Bertz CT molecular complexity index is 322. The van der Waals surface area contributed by atoms with Crippen LogP contribution < -0.4 is 5.32 Å². The fraction of sp³-hybridized carbons (Fsp3) is 0.846. The number of carboxylic acid groups (broad SMARTS) is 1. The van der Waals surface area contributed by atoms with Gasteiger partial charge in [-0.2, -0.15) is 0 Å². The van der Waals surface area contributed by atoms with Gasteiger partial charge in [-0.05, 0) is 26.7 Å². The average molecular weight is 272 g/mol. The molecule has 0 saturated carbocycles. The molecule has 0 bridgehead atoms. The molecule has 2 amide bonds. The summed E-state index contributed by atoms with van der Waals surface area (Å²) in [6.45, 7) is 6.83. The number of hydrogen-bond donors (Lipinski definition) is 2. The summed E-state index contributed by atoms with van der Waals surface area (Å²) in [7, 11) is 0. The highest BCUT2D eigenvalue weighted by Crippen LogP contribution is 2.13. The molecule has 1 aliphatic rings. The molecule has 19 heavy (non-hydrogen) atoms. The molecule has 3 unspecified atom stereocenters. The summed E-state index contributed by atoms with van der Waals surface area (Å²) < 4.78 is 5.43. The second kappa shape index (κ2) is 7.33. The number of hydrogen-bond acceptors (Lipinski definition) is 3. The number of rotatable bonds is 5. The highest BCUT2D eigenvalue weighted by Gasteiger charge is 2.24. The van der Waals surface area contributed by atoms with Gasteiger partial charge in [-0.15, -0.1) is 0 Å². The van der Waals surface area contributed by atoms with Gasteiger partial charge in [0, 0.05) is 25.7 Å². The van der Waals surface area contributed by atoms with E-state index in [1.165, 1.54) is 0 Å². The summed E-state index contributed by atoms with van der Waals surface area (Å²) in [5, 5.41) is 11.8. The van der Waals surface area contributed by atoms with Crippen LogP contribution in [0.5, 0.6) is 0 Å². The lowest BCUT2D eigenvalue weighted by Crippen LogP contribution is -2.49. The molecule has 0 aromatic rings. The Morgan fingerprint density at radius 3 is 2.74 bits per heavy atom. The number of carboxylic acids is 1. The standard InChI is InChI=1S/C13H24N2O4/c1-4-15(8-9(2)12(16)17)13(18)14-11-5-6-19-10(3)7-11/h9-11H,4-8H2,1-3H3,(H,14,18)(H,16,17). The Balaban J connectivity index is 2.46. The largest absolute Gasteiger partial charge is 0.481 e. The maximum atomic E-state index is 12.1. The highest BCUT2D eigenvalue weighted by atomic mass is 16.5. The monoisotopic (exact) mass is 272 g/mol. The van der Waals surface area contributed by atoms with Crippen LogP contribution in [0.25, 0.3) is 0 Å². The Hall–Kier alpha value is -1.30. The molecule has 0 radical (unpaired) electrons. The molecular weight excluding hydrogens is 248 g/mol. The number of ether oxygens (including phenoxy) is 1. The summed E-state index contributed by atoms with van der Waals surface area (Å²) in [5.41, 5.74) is 0. The molecule has 1 fully saturated rings. The van der Waals surface area contributed by atoms with Gasteiger partial charge in [-0.3, -0.25) is 4.79 Å². The topological polar surface area (TPSA) is 78.9 Å². The van der Waals surface area contributed by atoms with Gasteiger partial charge >= 0.3 is 12.0 Å². The molecule has 0 aromatic heterocycles. The summed E-state index contributed by atoms with van der Waals surface area (Å²) in [6, 6.07) is -0.0693. The number of aliphatic carboxylic acids is 1. The van der Waals surface area contributed by atoms with Crippen LogP contribution in [-0.4, -0.2) is 53.8 Å². The Kier molecular flexibility index (Phi) is 6.08. The zero-order valence-electron chi connectivity index (χ0n) is 11.9. The number of nitrogens with zero attached hydrogens (tertiary/aromatic N) is 1. The van der Waals surface area contributed by atoms with E-state index in [0.717, 1.165) is 12.8 Å². The first-order valence-corrected chi connectivity index (χ1v) is 6.83. The number of urea groups is 1. The van der Waals surface area contributed by atoms with E-state index in [1.807, 2.05) is 13.8 Å². The van der Waals surface area contributed by atoms with Crippen LogP contribution >= 0.6 is 0 Å². The van der Waals surface area contributed by atoms with Crippen LogP contribution in [0.15, 0.2) is 0 Å². The van der Waals surface area contributed by atoms with Crippen LogP contribution in [0, 0.1) is 5.92 Å². The van der Waals surface area contributed by atoms with Gasteiger partial charge in [0.05, 0.1) is 12.0 Å². The molecule has 6 heteroatoms. The predicted octanol–water partition coefficient (Wildman–Crippen LogP) is 1.31. The average Bonchev–Trinajstić information content (AvgIpc) is 2.35. The van der Waals surface area contributed by atoms with Crippen molar-refractivity contribution in [1.29, 1.82) is 0 Å². The molecule has 6 nitrogen and oxygen atoms in total. The molecule has 110 valence electrons. The molecule has 1 heterocycles. The van der Waals surface area contributed by atoms with Gasteiger partial charge in [0.2, 0.25) is 0 Å². The van der Waals surface area contributed by atoms with E-state index < -0.39 is 11.9 Å². The van der Waals surface area contributed by atoms with E-state index in [1.54, 1.807) is 11.8 Å². The zero-order chi connectivity index (χ0) is 14.4. The minimum absolute atomic E-state index is 0.116. The van der Waals surface area contributed by atoms with Gasteiger partial charge in [0.25, 0.3) is 0 Å². The summed E-state index contributed by atoms with van der Waals surface area (Å²) in [4.78, 5) is 24.5. The smallest absolute Gasteiger partial charge is 0.317 e. The van der Waals surface area contributed by atoms with E-state index in [-0.39, 0.29) is 24.7 Å². The lowest BCUT2D eigenvalue weighted by Gasteiger charge is -2.31. The fourth-order valence-electron chi connectivity index (χ4n) is 2.16. The van der Waals surface area contributed by atoms with Crippen LogP contribution in [0.4, 0.5) is 4.79 Å². The molecule has 1 aliphatic heterocycles. The lowest BCUT2D eigenvalue weighted by molar-refractivity contribution is -0.141. The first kappa shape index (κ1) is 15.8. The van der Waals surface area contributed by atoms with Crippen LogP contribution in [0.1, 0.15) is 33.6 Å². The molecule has 0 aromatic carbocycles. The number of amides is 2. The normalized spacial score (nSPS) is 24.6. The SMILES string of the molecule is CCN(CC(C)C(=O)O)C(=O)NC1CCOC(C)C1.